The molecule has 0 nitrogen and oxygen atoms in total. The second-order valence-corrected chi connectivity index (χ2v) is 5.64. The first-order chi connectivity index (χ1) is 9.70. The Bertz CT molecular complexity index is 753. The fraction of sp³-hybridized carbons (Fsp3) is 0.250. The van der Waals surface area contributed by atoms with Crippen LogP contribution in [0.1, 0.15) is 48.4 Å². The fourth-order valence-electron chi connectivity index (χ4n) is 2.94. The van der Waals surface area contributed by atoms with Crippen LogP contribution in [0.4, 0.5) is 0 Å². The molecule has 1 atom stereocenters. The van der Waals surface area contributed by atoms with Gasteiger partial charge in [-0.3, -0.25) is 0 Å². The third-order valence-electron chi connectivity index (χ3n) is 4.32. The first-order valence-electron chi connectivity index (χ1n) is 7.37. The van der Waals surface area contributed by atoms with Crippen LogP contribution in [-0.2, 0) is 0 Å². The molecule has 0 fully saturated rings. The van der Waals surface area contributed by atoms with E-state index in [0.29, 0.717) is 5.92 Å². The third kappa shape index (κ3) is 2.13. The highest BCUT2D eigenvalue weighted by molar-refractivity contribution is 5.95. The zero-order chi connectivity index (χ0) is 14.1. The van der Waals surface area contributed by atoms with Gasteiger partial charge in [0.2, 0.25) is 0 Å². The van der Waals surface area contributed by atoms with E-state index in [-0.39, 0.29) is 0 Å². The minimum atomic E-state index is 0.610. The van der Waals surface area contributed by atoms with Gasteiger partial charge < -0.3 is 0 Å². The number of allylic oxidation sites excluding steroid dienone is 2. The first kappa shape index (κ1) is 13.0. The Morgan fingerprint density at radius 1 is 1.20 bits per heavy atom. The van der Waals surface area contributed by atoms with Crippen molar-refractivity contribution in [2.45, 2.75) is 33.1 Å². The maximum atomic E-state index is 3.19. The summed E-state index contributed by atoms with van der Waals surface area (Å²) >= 11 is 0. The second-order valence-electron chi connectivity index (χ2n) is 5.64. The average Bonchev–Trinajstić information content (AvgIpc) is 2.71. The van der Waals surface area contributed by atoms with E-state index in [0.717, 1.165) is 0 Å². The van der Waals surface area contributed by atoms with Crippen LogP contribution in [-0.4, -0.2) is 0 Å². The molecule has 1 unspecified atom stereocenters. The van der Waals surface area contributed by atoms with E-state index in [1.807, 2.05) is 6.08 Å². The van der Waals surface area contributed by atoms with E-state index in [4.69, 9.17) is 0 Å². The summed E-state index contributed by atoms with van der Waals surface area (Å²) in [5.41, 5.74) is 8.63. The molecule has 0 bridgehead atoms. The molecule has 20 heavy (non-hydrogen) atoms. The normalized spacial score (nSPS) is 14.3. The van der Waals surface area contributed by atoms with Gasteiger partial charge in [0, 0.05) is 0 Å². The smallest absolute Gasteiger partial charge is 0.00989 e. The maximum absolute atomic E-state index is 3.19. The maximum Gasteiger partial charge on any atom is -0.00989 e. The van der Waals surface area contributed by atoms with E-state index >= 15 is 0 Å². The molecular weight excluding hydrogens is 240 g/mol. The van der Waals surface area contributed by atoms with Crippen LogP contribution in [0.15, 0.2) is 42.1 Å². The lowest BCUT2D eigenvalue weighted by atomic mass is 9.89. The van der Waals surface area contributed by atoms with E-state index in [1.54, 1.807) is 0 Å². The topological polar surface area (TPSA) is 0 Å². The van der Waals surface area contributed by atoms with E-state index < -0.39 is 0 Å². The molecule has 0 amide bonds. The van der Waals surface area contributed by atoms with Crippen molar-refractivity contribution >= 4 is 22.9 Å². The molecule has 0 heteroatoms. The summed E-state index contributed by atoms with van der Waals surface area (Å²) in [5, 5.41) is 2.68. The van der Waals surface area contributed by atoms with Crippen molar-refractivity contribution in [3.63, 3.8) is 0 Å². The minimum Gasteiger partial charge on any atom is -0.120 e. The lowest BCUT2D eigenvalue weighted by Crippen LogP contribution is -1.96. The lowest BCUT2D eigenvalue weighted by molar-refractivity contribution is 0.729. The second kappa shape index (κ2) is 5.15. The Balaban J connectivity index is 2.32. The van der Waals surface area contributed by atoms with Crippen LogP contribution in [0.25, 0.3) is 22.9 Å². The fourth-order valence-corrected chi connectivity index (χ4v) is 2.94. The predicted molar refractivity (Wildman–Crippen MR) is 89.0 cm³/mol. The van der Waals surface area contributed by atoms with Gasteiger partial charge in [-0.15, -0.1) is 5.73 Å². The number of rotatable bonds is 2. The van der Waals surface area contributed by atoms with Gasteiger partial charge >= 0.3 is 0 Å². The van der Waals surface area contributed by atoms with Crippen LogP contribution in [0.5, 0.6) is 0 Å². The molecule has 2 aromatic carbocycles. The summed E-state index contributed by atoms with van der Waals surface area (Å²) in [6.07, 6.45) is 9.49. The van der Waals surface area contributed by atoms with Crippen LogP contribution in [0.3, 0.4) is 0 Å². The molecule has 1 aliphatic carbocycles. The number of fused-ring (bicyclic) bond motifs is 3. The van der Waals surface area contributed by atoms with Gasteiger partial charge in [0.15, 0.2) is 0 Å². The molecule has 3 rings (SSSR count). The summed E-state index contributed by atoms with van der Waals surface area (Å²) in [6.45, 7) is 6.79. The van der Waals surface area contributed by atoms with Gasteiger partial charge in [-0.2, -0.15) is 0 Å². The number of aryl methyl sites for hydroxylation is 1. The van der Waals surface area contributed by atoms with Gasteiger partial charge in [-0.05, 0) is 70.5 Å². The van der Waals surface area contributed by atoms with Crippen LogP contribution < -0.4 is 0 Å². The number of hydrogen-bond donors (Lipinski definition) is 0. The summed E-state index contributed by atoms with van der Waals surface area (Å²) in [5.74, 6) is 0.610. The van der Waals surface area contributed by atoms with Crippen molar-refractivity contribution in [2.75, 3.05) is 0 Å². The largest absolute Gasteiger partial charge is 0.120 e. The Kier molecular flexibility index (Phi) is 3.34. The number of hydrogen-bond acceptors (Lipinski definition) is 0. The third-order valence-corrected chi connectivity index (χ3v) is 4.32. The lowest BCUT2D eigenvalue weighted by Gasteiger charge is -2.16. The predicted octanol–water partition coefficient (Wildman–Crippen LogP) is 5.86. The van der Waals surface area contributed by atoms with E-state index in [1.165, 1.54) is 39.4 Å². The van der Waals surface area contributed by atoms with Crippen LogP contribution in [0.2, 0.25) is 0 Å². The van der Waals surface area contributed by atoms with Crippen LogP contribution in [0, 0.1) is 6.92 Å². The van der Waals surface area contributed by atoms with Crippen molar-refractivity contribution in [3.8, 4) is 0 Å². The zero-order valence-corrected chi connectivity index (χ0v) is 12.4. The minimum absolute atomic E-state index is 0.610. The SMILES string of the molecule is CCC(C)c1cc2c3c(ccc2cc1C)C=C=CC=C3. The summed E-state index contributed by atoms with van der Waals surface area (Å²) in [7, 11) is 0. The van der Waals surface area contributed by atoms with Gasteiger partial charge in [-0.1, -0.05) is 44.2 Å². The Morgan fingerprint density at radius 3 is 2.85 bits per heavy atom. The first-order valence-corrected chi connectivity index (χ1v) is 7.37. The van der Waals surface area contributed by atoms with Gasteiger partial charge in [0.05, 0.1) is 0 Å². The van der Waals surface area contributed by atoms with Crippen molar-refractivity contribution in [1.29, 1.82) is 0 Å². The highest BCUT2D eigenvalue weighted by Crippen LogP contribution is 2.32. The van der Waals surface area contributed by atoms with E-state index in [2.05, 4.69) is 69.0 Å². The van der Waals surface area contributed by atoms with Gasteiger partial charge in [0.25, 0.3) is 0 Å². The summed E-state index contributed by atoms with van der Waals surface area (Å²) in [6, 6.07) is 9.13. The van der Waals surface area contributed by atoms with Crippen molar-refractivity contribution in [1.82, 2.24) is 0 Å². The molecule has 0 N–H and O–H groups in total. The summed E-state index contributed by atoms with van der Waals surface area (Å²) < 4.78 is 0. The van der Waals surface area contributed by atoms with Crippen molar-refractivity contribution in [3.05, 3.63) is 64.4 Å². The monoisotopic (exact) mass is 260 g/mol. The van der Waals surface area contributed by atoms with Gasteiger partial charge in [-0.25, -0.2) is 0 Å². The molecule has 0 saturated carbocycles. The molecule has 100 valence electrons. The zero-order valence-electron chi connectivity index (χ0n) is 12.4. The van der Waals surface area contributed by atoms with E-state index in [9.17, 15) is 0 Å². The molecule has 2 aromatic rings. The Labute approximate surface area is 121 Å². The molecule has 0 saturated heterocycles. The molecule has 0 radical (unpaired) electrons. The van der Waals surface area contributed by atoms with Crippen molar-refractivity contribution < 1.29 is 0 Å². The molecule has 0 spiro atoms. The molecule has 0 aromatic heterocycles. The molecule has 0 heterocycles. The molecule has 1 aliphatic rings. The van der Waals surface area contributed by atoms with Gasteiger partial charge in [0.1, 0.15) is 0 Å². The standard InChI is InChI=1S/C20H20/c1-4-14(2)19-13-20-17(12-15(19)3)11-10-16-8-6-5-7-9-18(16)20/h5,7-14H,4H2,1-3H3. The highest BCUT2D eigenvalue weighted by atomic mass is 14.2. The Hall–Kier alpha value is -2.04. The number of benzene rings is 2. The molecule has 0 aliphatic heterocycles. The molecular formula is C20H20. The Morgan fingerprint density at radius 2 is 2.05 bits per heavy atom. The summed E-state index contributed by atoms with van der Waals surface area (Å²) in [4.78, 5) is 0. The average molecular weight is 260 g/mol. The van der Waals surface area contributed by atoms with Crippen LogP contribution >= 0.6 is 0 Å². The highest BCUT2D eigenvalue weighted by Gasteiger charge is 2.11. The quantitative estimate of drug-likeness (QED) is 0.593. The van der Waals surface area contributed by atoms with Crippen molar-refractivity contribution in [2.24, 2.45) is 0 Å².